The van der Waals surface area contributed by atoms with Crippen LogP contribution in [0, 0.1) is 0 Å². The summed E-state index contributed by atoms with van der Waals surface area (Å²) in [7, 11) is 3.16. The van der Waals surface area contributed by atoms with Crippen LogP contribution in [0.3, 0.4) is 0 Å². The largest absolute Gasteiger partial charge is 0.493 e. The van der Waals surface area contributed by atoms with Gasteiger partial charge in [-0.1, -0.05) is 24.3 Å². The minimum Gasteiger partial charge on any atom is -0.493 e. The molecule has 0 spiro atoms. The fourth-order valence-electron chi connectivity index (χ4n) is 4.45. The van der Waals surface area contributed by atoms with Gasteiger partial charge in [0.05, 0.1) is 20.3 Å². The summed E-state index contributed by atoms with van der Waals surface area (Å²) in [5.41, 5.74) is 1.82. The Labute approximate surface area is 199 Å². The van der Waals surface area contributed by atoms with Crippen LogP contribution in [0.5, 0.6) is 11.5 Å². The van der Waals surface area contributed by atoms with E-state index in [1.165, 1.54) is 10.6 Å². The number of carbonyl (C=O) groups is 1. The molecule has 1 fully saturated rings. The maximum Gasteiger partial charge on any atom is 0.251 e. The van der Waals surface area contributed by atoms with Crippen molar-refractivity contribution in [3.63, 3.8) is 0 Å². The molecule has 1 aromatic heterocycles. The number of carbonyl (C=O) groups excluding carboxylic acids is 1. The summed E-state index contributed by atoms with van der Waals surface area (Å²) in [5.74, 6) is 1.03. The number of methoxy groups -OCH3 is 2. The Morgan fingerprint density at radius 2 is 1.67 bits per heavy atom. The smallest absolute Gasteiger partial charge is 0.251 e. The minimum absolute atomic E-state index is 0.0625. The highest BCUT2D eigenvalue weighted by atomic mass is 32.1. The van der Waals surface area contributed by atoms with E-state index in [2.05, 4.69) is 69.9 Å². The van der Waals surface area contributed by atoms with E-state index in [4.69, 9.17) is 9.47 Å². The molecule has 0 bridgehead atoms. The topological polar surface area (TPSA) is 54.0 Å². The van der Waals surface area contributed by atoms with Gasteiger partial charge in [0.1, 0.15) is 0 Å². The second-order valence-corrected chi connectivity index (χ2v) is 9.13. The first kappa shape index (κ1) is 23.1. The summed E-state index contributed by atoms with van der Waals surface area (Å²) in [6.45, 7) is 5.89. The third kappa shape index (κ3) is 5.31. The number of nitrogens with zero attached hydrogens (tertiary/aromatic N) is 2. The maximum absolute atomic E-state index is 13.1. The van der Waals surface area contributed by atoms with Gasteiger partial charge < -0.3 is 19.7 Å². The molecule has 1 aliphatic rings. The second kappa shape index (κ2) is 10.7. The lowest BCUT2D eigenvalue weighted by molar-refractivity contribution is 0.0890. The van der Waals surface area contributed by atoms with Gasteiger partial charge in [0.15, 0.2) is 11.5 Å². The predicted molar refractivity (Wildman–Crippen MR) is 134 cm³/mol. The van der Waals surface area contributed by atoms with E-state index in [-0.39, 0.29) is 18.0 Å². The molecule has 1 amide bonds. The third-order valence-electron chi connectivity index (χ3n) is 6.14. The SMILES string of the molecule is COc1ccc(C(=O)NC(C)C(c2cccs2)N2CCN(c3ccccc3)CC2)cc1OC. The second-order valence-electron chi connectivity index (χ2n) is 8.15. The molecule has 6 nitrogen and oxygen atoms in total. The number of nitrogens with one attached hydrogen (secondary N) is 1. The number of para-hydroxylation sites is 1. The summed E-state index contributed by atoms with van der Waals surface area (Å²) in [5, 5.41) is 5.33. The van der Waals surface area contributed by atoms with E-state index in [0.29, 0.717) is 17.1 Å². The number of anilines is 1. The van der Waals surface area contributed by atoms with E-state index in [0.717, 1.165) is 26.2 Å². The van der Waals surface area contributed by atoms with Crippen LogP contribution < -0.4 is 19.7 Å². The Hall–Kier alpha value is -3.03. The molecule has 2 atom stereocenters. The van der Waals surface area contributed by atoms with Crippen LogP contribution in [0.15, 0.2) is 66.0 Å². The van der Waals surface area contributed by atoms with Crippen molar-refractivity contribution in [2.45, 2.75) is 19.0 Å². The third-order valence-corrected chi connectivity index (χ3v) is 7.08. The van der Waals surface area contributed by atoms with Gasteiger partial charge >= 0.3 is 0 Å². The minimum atomic E-state index is -0.118. The molecule has 3 aromatic rings. The average Bonchev–Trinajstić information content (AvgIpc) is 3.39. The lowest BCUT2D eigenvalue weighted by atomic mass is 10.0. The molecule has 0 saturated carbocycles. The molecule has 2 aromatic carbocycles. The molecule has 7 heteroatoms. The number of hydrogen-bond donors (Lipinski definition) is 1. The number of thiophene rings is 1. The molecule has 2 unspecified atom stereocenters. The number of benzene rings is 2. The Balaban J connectivity index is 1.47. The molecule has 174 valence electrons. The lowest BCUT2D eigenvalue weighted by Gasteiger charge is -2.42. The number of piperazine rings is 1. The zero-order chi connectivity index (χ0) is 23.2. The van der Waals surface area contributed by atoms with Crippen LogP contribution >= 0.6 is 11.3 Å². The lowest BCUT2D eigenvalue weighted by Crippen LogP contribution is -2.52. The maximum atomic E-state index is 13.1. The summed E-state index contributed by atoms with van der Waals surface area (Å²) < 4.78 is 10.7. The number of ether oxygens (including phenoxy) is 2. The molecule has 2 heterocycles. The van der Waals surface area contributed by atoms with Gasteiger partial charge in [-0.25, -0.2) is 0 Å². The molecule has 0 aliphatic carbocycles. The van der Waals surface area contributed by atoms with Crippen LogP contribution in [0.4, 0.5) is 5.69 Å². The van der Waals surface area contributed by atoms with E-state index < -0.39 is 0 Å². The van der Waals surface area contributed by atoms with Gasteiger partial charge in [0.2, 0.25) is 0 Å². The first-order valence-corrected chi connectivity index (χ1v) is 12.1. The molecular formula is C26H31N3O3S. The van der Waals surface area contributed by atoms with E-state index >= 15 is 0 Å². The molecule has 33 heavy (non-hydrogen) atoms. The quantitative estimate of drug-likeness (QED) is 0.533. The van der Waals surface area contributed by atoms with E-state index in [9.17, 15) is 4.79 Å². The van der Waals surface area contributed by atoms with Crippen LogP contribution in [0.2, 0.25) is 0 Å². The van der Waals surface area contributed by atoms with Crippen LogP contribution in [0.1, 0.15) is 28.2 Å². The van der Waals surface area contributed by atoms with Crippen molar-refractivity contribution in [2.24, 2.45) is 0 Å². The highest BCUT2D eigenvalue weighted by Gasteiger charge is 2.31. The van der Waals surface area contributed by atoms with Crippen molar-refractivity contribution in [3.8, 4) is 11.5 Å². The van der Waals surface area contributed by atoms with Gasteiger partial charge in [0.25, 0.3) is 5.91 Å². The molecule has 1 aliphatic heterocycles. The fraction of sp³-hybridized carbons (Fsp3) is 0.346. The summed E-state index contributed by atoms with van der Waals surface area (Å²) >= 11 is 1.74. The van der Waals surface area contributed by atoms with Crippen molar-refractivity contribution >= 4 is 22.9 Å². The fourth-order valence-corrected chi connectivity index (χ4v) is 5.41. The summed E-state index contributed by atoms with van der Waals surface area (Å²) in [6, 6.07) is 20.1. The summed E-state index contributed by atoms with van der Waals surface area (Å²) in [6.07, 6.45) is 0. The Kier molecular flexibility index (Phi) is 7.52. The predicted octanol–water partition coefficient (Wildman–Crippen LogP) is 4.45. The van der Waals surface area contributed by atoms with Gasteiger partial charge in [-0.3, -0.25) is 9.69 Å². The van der Waals surface area contributed by atoms with Crippen molar-refractivity contribution in [1.82, 2.24) is 10.2 Å². The highest BCUT2D eigenvalue weighted by molar-refractivity contribution is 7.10. The van der Waals surface area contributed by atoms with Crippen molar-refractivity contribution in [3.05, 3.63) is 76.5 Å². The number of rotatable bonds is 8. The first-order chi connectivity index (χ1) is 16.1. The Morgan fingerprint density at radius 3 is 2.30 bits per heavy atom. The molecule has 1 N–H and O–H groups in total. The van der Waals surface area contributed by atoms with Crippen molar-refractivity contribution < 1.29 is 14.3 Å². The average molecular weight is 466 g/mol. The molecule has 1 saturated heterocycles. The van der Waals surface area contributed by atoms with E-state index in [1.807, 2.05) is 0 Å². The number of hydrogen-bond acceptors (Lipinski definition) is 6. The summed E-state index contributed by atoms with van der Waals surface area (Å²) in [4.78, 5) is 19.3. The number of amides is 1. The zero-order valence-electron chi connectivity index (χ0n) is 19.4. The monoisotopic (exact) mass is 465 g/mol. The van der Waals surface area contributed by atoms with E-state index in [1.54, 1.807) is 43.8 Å². The van der Waals surface area contributed by atoms with Crippen LogP contribution in [0.25, 0.3) is 0 Å². The zero-order valence-corrected chi connectivity index (χ0v) is 20.2. The van der Waals surface area contributed by atoms with Crippen molar-refractivity contribution in [1.29, 1.82) is 0 Å². The standard InChI is InChI=1S/C26H31N3O3S/c1-19(27-26(30)20-11-12-22(31-2)23(18-20)32-3)25(24-10-7-17-33-24)29-15-13-28(14-16-29)21-8-5-4-6-9-21/h4-12,17-19,25H,13-16H2,1-3H3,(H,27,30). The Bertz CT molecular complexity index is 1030. The molecule has 4 rings (SSSR count). The van der Waals surface area contributed by atoms with Crippen LogP contribution in [-0.2, 0) is 0 Å². The van der Waals surface area contributed by atoms with Crippen LogP contribution in [-0.4, -0.2) is 57.2 Å². The Morgan fingerprint density at radius 1 is 0.939 bits per heavy atom. The normalized spacial score (nSPS) is 16.2. The molecule has 0 radical (unpaired) electrons. The van der Waals surface area contributed by atoms with Gasteiger partial charge in [-0.05, 0) is 48.7 Å². The first-order valence-electron chi connectivity index (χ1n) is 11.2. The molecular weight excluding hydrogens is 434 g/mol. The van der Waals surface area contributed by atoms with Gasteiger partial charge in [-0.2, -0.15) is 0 Å². The highest BCUT2D eigenvalue weighted by Crippen LogP contribution is 2.31. The van der Waals surface area contributed by atoms with Gasteiger partial charge in [-0.15, -0.1) is 11.3 Å². The van der Waals surface area contributed by atoms with Crippen molar-refractivity contribution in [2.75, 3.05) is 45.3 Å². The van der Waals surface area contributed by atoms with Gasteiger partial charge in [0, 0.05) is 48.3 Å².